The van der Waals surface area contributed by atoms with Crippen LogP contribution in [0.2, 0.25) is 0 Å². The van der Waals surface area contributed by atoms with Crippen LogP contribution in [0, 0.1) is 0 Å². The molecule has 0 amide bonds. The second-order valence-electron chi connectivity index (χ2n) is 10.5. The minimum atomic E-state index is -0.913. The SMILES string of the molecule is CC(C)=CCCC(C)=CCCC(C)=CCCC(C)=CCC1=C(O)C(=O)C(CC2=CC(=O)C=CC2=O)=C(O)C1=O. The first-order chi connectivity index (χ1) is 18.4. The topological polar surface area (TPSA) is 109 Å². The monoisotopic (exact) mass is 532 g/mol. The molecule has 0 aromatic rings. The van der Waals surface area contributed by atoms with E-state index in [-0.39, 0.29) is 23.1 Å². The standard InChI is InChI=1S/C33H40O6/c1-21(2)9-6-10-22(3)11-7-12-23(4)13-8-14-24(5)15-17-27-30(36)32(38)28(33(39)31(27)37)20-25-19-26(34)16-18-29(25)35/h9,11,13,15-16,18-19,36,39H,6-8,10,12,14,17,20H2,1-5H3. The van der Waals surface area contributed by atoms with E-state index in [0.717, 1.165) is 62.3 Å². The number of hydrogen-bond donors (Lipinski definition) is 2. The summed E-state index contributed by atoms with van der Waals surface area (Å²) in [6.07, 6.45) is 17.1. The molecular formula is C33H40O6. The molecule has 0 fully saturated rings. The van der Waals surface area contributed by atoms with Gasteiger partial charge in [0.05, 0.1) is 11.1 Å². The molecule has 6 nitrogen and oxygen atoms in total. The first kappa shape index (κ1) is 31.4. The van der Waals surface area contributed by atoms with E-state index in [1.54, 1.807) is 6.08 Å². The smallest absolute Gasteiger partial charge is 0.227 e. The maximum atomic E-state index is 12.7. The minimum Gasteiger partial charge on any atom is -0.504 e. The summed E-state index contributed by atoms with van der Waals surface area (Å²) < 4.78 is 0. The summed E-state index contributed by atoms with van der Waals surface area (Å²) in [4.78, 5) is 49.0. The van der Waals surface area contributed by atoms with E-state index in [1.807, 2.05) is 6.92 Å². The van der Waals surface area contributed by atoms with Crippen molar-refractivity contribution >= 4 is 23.1 Å². The Morgan fingerprint density at radius 2 is 1.15 bits per heavy atom. The van der Waals surface area contributed by atoms with E-state index >= 15 is 0 Å². The van der Waals surface area contributed by atoms with Gasteiger partial charge in [0.15, 0.2) is 23.1 Å². The van der Waals surface area contributed by atoms with Crippen molar-refractivity contribution in [2.75, 3.05) is 0 Å². The lowest BCUT2D eigenvalue weighted by atomic mass is 9.86. The van der Waals surface area contributed by atoms with Crippen LogP contribution in [0.15, 0.2) is 93.1 Å². The van der Waals surface area contributed by atoms with Crippen molar-refractivity contribution < 1.29 is 29.4 Å². The summed E-state index contributed by atoms with van der Waals surface area (Å²) >= 11 is 0. The van der Waals surface area contributed by atoms with Crippen LogP contribution in [-0.4, -0.2) is 33.3 Å². The van der Waals surface area contributed by atoms with E-state index in [1.165, 1.54) is 16.7 Å². The average molecular weight is 533 g/mol. The molecule has 0 saturated heterocycles. The van der Waals surface area contributed by atoms with Gasteiger partial charge >= 0.3 is 0 Å². The molecule has 0 unspecified atom stereocenters. The van der Waals surface area contributed by atoms with Gasteiger partial charge in [-0.15, -0.1) is 0 Å². The highest BCUT2D eigenvalue weighted by molar-refractivity contribution is 6.24. The highest BCUT2D eigenvalue weighted by Gasteiger charge is 2.35. The summed E-state index contributed by atoms with van der Waals surface area (Å²) in [5.41, 5.74) is 4.48. The molecule has 0 heterocycles. The third-order valence-corrected chi connectivity index (χ3v) is 6.76. The van der Waals surface area contributed by atoms with Crippen LogP contribution in [0.1, 0.15) is 86.0 Å². The van der Waals surface area contributed by atoms with Crippen LogP contribution in [0.4, 0.5) is 0 Å². The number of hydrogen-bond acceptors (Lipinski definition) is 6. The van der Waals surface area contributed by atoms with Crippen molar-refractivity contribution in [2.24, 2.45) is 0 Å². The Balaban J connectivity index is 1.91. The van der Waals surface area contributed by atoms with Crippen LogP contribution in [0.25, 0.3) is 0 Å². The molecule has 0 radical (unpaired) electrons. The second-order valence-corrected chi connectivity index (χ2v) is 10.5. The molecule has 0 atom stereocenters. The first-order valence-electron chi connectivity index (χ1n) is 13.4. The number of carbonyl (C=O) groups excluding carboxylic acids is 4. The Hall–Kier alpha value is -3.80. The van der Waals surface area contributed by atoms with Crippen LogP contribution < -0.4 is 0 Å². The number of aliphatic hydroxyl groups is 2. The molecular weight excluding hydrogens is 492 g/mol. The van der Waals surface area contributed by atoms with Crippen molar-refractivity contribution in [1.82, 2.24) is 0 Å². The van der Waals surface area contributed by atoms with E-state index in [4.69, 9.17) is 0 Å². The van der Waals surface area contributed by atoms with Gasteiger partial charge in [0, 0.05) is 12.0 Å². The summed E-state index contributed by atoms with van der Waals surface area (Å²) in [6, 6.07) is 0. The highest BCUT2D eigenvalue weighted by atomic mass is 16.3. The van der Waals surface area contributed by atoms with Crippen molar-refractivity contribution in [3.63, 3.8) is 0 Å². The fourth-order valence-corrected chi connectivity index (χ4v) is 4.28. The third kappa shape index (κ3) is 9.78. The van der Waals surface area contributed by atoms with Crippen molar-refractivity contribution in [3.8, 4) is 0 Å². The third-order valence-electron chi connectivity index (χ3n) is 6.76. The molecule has 2 rings (SSSR count). The Morgan fingerprint density at radius 1 is 0.667 bits per heavy atom. The molecule has 0 spiro atoms. The maximum Gasteiger partial charge on any atom is 0.227 e. The van der Waals surface area contributed by atoms with Crippen LogP contribution in [-0.2, 0) is 19.2 Å². The number of allylic oxidation sites excluding steroid dienone is 14. The summed E-state index contributed by atoms with van der Waals surface area (Å²) in [5, 5.41) is 20.8. The summed E-state index contributed by atoms with van der Waals surface area (Å²) in [7, 11) is 0. The zero-order chi connectivity index (χ0) is 29.1. The molecule has 2 N–H and O–H groups in total. The largest absolute Gasteiger partial charge is 0.504 e. The van der Waals surface area contributed by atoms with Crippen LogP contribution in [0.5, 0.6) is 0 Å². The molecule has 0 bridgehead atoms. The molecule has 6 heteroatoms. The van der Waals surface area contributed by atoms with Gasteiger partial charge in [-0.3, -0.25) is 19.2 Å². The predicted molar refractivity (Wildman–Crippen MR) is 154 cm³/mol. The van der Waals surface area contributed by atoms with E-state index in [2.05, 4.69) is 45.9 Å². The van der Waals surface area contributed by atoms with Gasteiger partial charge in [0.1, 0.15) is 0 Å². The zero-order valence-corrected chi connectivity index (χ0v) is 23.7. The van der Waals surface area contributed by atoms with Gasteiger partial charge in [-0.2, -0.15) is 0 Å². The van der Waals surface area contributed by atoms with E-state index in [9.17, 15) is 29.4 Å². The van der Waals surface area contributed by atoms with Gasteiger partial charge in [0.2, 0.25) is 11.6 Å². The number of aliphatic hydroxyl groups excluding tert-OH is 2. The van der Waals surface area contributed by atoms with Crippen molar-refractivity contribution in [1.29, 1.82) is 0 Å². The molecule has 0 saturated carbocycles. The number of carbonyl (C=O) groups is 4. The quantitative estimate of drug-likeness (QED) is 0.190. The van der Waals surface area contributed by atoms with Crippen molar-refractivity contribution in [2.45, 2.75) is 86.0 Å². The second kappa shape index (κ2) is 15.0. The molecule has 0 aromatic heterocycles. The van der Waals surface area contributed by atoms with Gasteiger partial charge in [0.25, 0.3) is 0 Å². The van der Waals surface area contributed by atoms with Gasteiger partial charge < -0.3 is 10.2 Å². The Bertz CT molecular complexity index is 1270. The fourth-order valence-electron chi connectivity index (χ4n) is 4.28. The molecule has 39 heavy (non-hydrogen) atoms. The van der Waals surface area contributed by atoms with Crippen LogP contribution in [0.3, 0.4) is 0 Å². The van der Waals surface area contributed by atoms with Gasteiger partial charge in [-0.25, -0.2) is 0 Å². The average Bonchev–Trinajstić information content (AvgIpc) is 2.87. The Kier molecular flexibility index (Phi) is 12.1. The maximum absolute atomic E-state index is 12.7. The lowest BCUT2D eigenvalue weighted by molar-refractivity contribution is -0.120. The van der Waals surface area contributed by atoms with Gasteiger partial charge in [-0.1, -0.05) is 46.6 Å². The fraction of sp³-hybridized carbons (Fsp3) is 0.394. The van der Waals surface area contributed by atoms with Crippen molar-refractivity contribution in [3.05, 3.63) is 93.1 Å². The highest BCUT2D eigenvalue weighted by Crippen LogP contribution is 2.29. The molecule has 0 aliphatic heterocycles. The summed E-state index contributed by atoms with van der Waals surface area (Å²) in [5.74, 6) is -4.21. The molecule has 0 aromatic carbocycles. The number of Topliss-reactive ketones (excluding diaryl/α,β-unsaturated/α-hetero) is 2. The number of rotatable bonds is 13. The molecule has 2 aliphatic carbocycles. The Labute approximate surface area is 231 Å². The molecule has 2 aliphatic rings. The normalized spacial score (nSPS) is 17.4. The zero-order valence-electron chi connectivity index (χ0n) is 23.7. The first-order valence-corrected chi connectivity index (χ1v) is 13.4. The lowest BCUT2D eigenvalue weighted by Crippen LogP contribution is -2.25. The summed E-state index contributed by atoms with van der Waals surface area (Å²) in [6.45, 7) is 10.4. The van der Waals surface area contributed by atoms with Gasteiger partial charge in [-0.05, 0) is 97.8 Å². The minimum absolute atomic E-state index is 0.00193. The predicted octanol–water partition coefficient (Wildman–Crippen LogP) is 7.32. The van der Waals surface area contributed by atoms with Crippen LogP contribution >= 0.6 is 0 Å². The van der Waals surface area contributed by atoms with E-state index in [0.29, 0.717) is 0 Å². The Morgan fingerprint density at radius 3 is 1.72 bits per heavy atom. The van der Waals surface area contributed by atoms with E-state index < -0.39 is 41.1 Å². The number of ketones is 4. The lowest BCUT2D eigenvalue weighted by Gasteiger charge is -2.18. The molecule has 208 valence electrons.